The molecule has 6 nitrogen and oxygen atoms in total. The van der Waals surface area contributed by atoms with E-state index in [9.17, 15) is 9.59 Å². The van der Waals surface area contributed by atoms with Crippen LogP contribution < -0.4 is 10.1 Å². The first-order valence-corrected chi connectivity index (χ1v) is 6.66. The number of hydrogen-bond donors (Lipinski definition) is 2. The fourth-order valence-electron chi connectivity index (χ4n) is 1.89. The number of aryl methyl sites for hydroxylation is 1. The molecule has 0 aromatic heterocycles. The monoisotopic (exact) mass is 295 g/mol. The molecule has 1 amide bonds. The van der Waals surface area contributed by atoms with Gasteiger partial charge in [-0.3, -0.25) is 4.79 Å². The van der Waals surface area contributed by atoms with Gasteiger partial charge in [0.2, 0.25) is 0 Å². The Morgan fingerprint density at radius 1 is 1.33 bits per heavy atom. The van der Waals surface area contributed by atoms with Crippen LogP contribution in [0.3, 0.4) is 0 Å². The Morgan fingerprint density at radius 2 is 2.05 bits per heavy atom. The maximum Gasteiger partial charge on any atom is 0.326 e. The molecule has 0 radical (unpaired) electrons. The lowest BCUT2D eigenvalue weighted by Gasteiger charge is -2.15. The number of carboxylic acids is 1. The maximum atomic E-state index is 12.1. The van der Waals surface area contributed by atoms with E-state index in [2.05, 4.69) is 5.32 Å². The first kappa shape index (κ1) is 17.0. The highest BCUT2D eigenvalue weighted by atomic mass is 16.5. The van der Waals surface area contributed by atoms with Crippen LogP contribution in [-0.4, -0.2) is 43.9 Å². The number of carboxylic acid groups (broad SMARTS) is 1. The number of ether oxygens (including phenoxy) is 2. The highest BCUT2D eigenvalue weighted by Gasteiger charge is 2.20. The zero-order chi connectivity index (χ0) is 15.8. The third-order valence-electron chi connectivity index (χ3n) is 3.11. The van der Waals surface area contributed by atoms with E-state index in [1.165, 1.54) is 7.11 Å². The molecule has 0 aliphatic carbocycles. The van der Waals surface area contributed by atoms with Gasteiger partial charge in [-0.1, -0.05) is 6.07 Å². The van der Waals surface area contributed by atoms with E-state index in [1.54, 1.807) is 25.3 Å². The molecule has 1 aromatic carbocycles. The summed E-state index contributed by atoms with van der Waals surface area (Å²) < 4.78 is 10.0. The summed E-state index contributed by atoms with van der Waals surface area (Å²) in [6, 6.07) is 4.06. The smallest absolute Gasteiger partial charge is 0.326 e. The van der Waals surface area contributed by atoms with E-state index < -0.39 is 17.9 Å². The minimum atomic E-state index is -1.06. The average Bonchev–Trinajstić information content (AvgIpc) is 2.46. The second kappa shape index (κ2) is 8.26. The van der Waals surface area contributed by atoms with Gasteiger partial charge in [-0.25, -0.2) is 4.79 Å². The summed E-state index contributed by atoms with van der Waals surface area (Å²) in [6.07, 6.45) is 0.878. The molecule has 0 saturated carbocycles. The second-order valence-electron chi connectivity index (χ2n) is 4.68. The van der Waals surface area contributed by atoms with Crippen LogP contribution >= 0.6 is 0 Å². The van der Waals surface area contributed by atoms with Crippen molar-refractivity contribution in [2.24, 2.45) is 0 Å². The summed E-state index contributed by atoms with van der Waals surface area (Å²) in [4.78, 5) is 23.3. The van der Waals surface area contributed by atoms with Crippen LogP contribution in [0, 0.1) is 6.92 Å². The molecule has 1 unspecified atom stereocenters. The molecule has 0 bridgehead atoms. The van der Waals surface area contributed by atoms with Crippen molar-refractivity contribution < 1.29 is 24.2 Å². The number of amides is 1. The molecular formula is C15H21NO5. The van der Waals surface area contributed by atoms with Gasteiger partial charge < -0.3 is 19.9 Å². The van der Waals surface area contributed by atoms with Crippen LogP contribution in [0.1, 0.15) is 28.8 Å². The molecule has 0 fully saturated rings. The summed E-state index contributed by atoms with van der Waals surface area (Å²) in [5.74, 6) is -0.898. The number of benzene rings is 1. The zero-order valence-corrected chi connectivity index (χ0v) is 12.5. The molecule has 116 valence electrons. The van der Waals surface area contributed by atoms with Gasteiger partial charge >= 0.3 is 5.97 Å². The highest BCUT2D eigenvalue weighted by molar-refractivity contribution is 5.97. The number of hydrogen-bond acceptors (Lipinski definition) is 4. The summed E-state index contributed by atoms with van der Waals surface area (Å²) in [7, 11) is 3.07. The van der Waals surface area contributed by atoms with Gasteiger partial charge in [0.1, 0.15) is 11.8 Å². The SMILES string of the molecule is COCCCC(NC(=O)c1ccc(C)c(OC)c1)C(=O)O. The van der Waals surface area contributed by atoms with E-state index in [0.717, 1.165) is 5.56 Å². The maximum absolute atomic E-state index is 12.1. The Balaban J connectivity index is 2.75. The van der Waals surface area contributed by atoms with Crippen molar-refractivity contribution >= 4 is 11.9 Å². The average molecular weight is 295 g/mol. The van der Waals surface area contributed by atoms with Crippen LogP contribution in [0.2, 0.25) is 0 Å². The summed E-state index contributed by atoms with van der Waals surface area (Å²) in [5.41, 5.74) is 1.28. The molecule has 6 heteroatoms. The van der Waals surface area contributed by atoms with Gasteiger partial charge in [0.05, 0.1) is 7.11 Å². The Kier molecular flexibility index (Phi) is 6.68. The van der Waals surface area contributed by atoms with Crippen LogP contribution in [0.5, 0.6) is 5.75 Å². The number of rotatable bonds is 8. The number of aliphatic carboxylic acids is 1. The number of carbonyl (C=O) groups is 2. The minimum Gasteiger partial charge on any atom is -0.496 e. The summed E-state index contributed by atoms with van der Waals surface area (Å²) in [5, 5.41) is 11.6. The molecule has 0 aliphatic rings. The number of nitrogens with one attached hydrogen (secondary N) is 1. The topological polar surface area (TPSA) is 84.9 Å². The molecule has 0 aliphatic heterocycles. The first-order valence-electron chi connectivity index (χ1n) is 6.66. The Labute approximate surface area is 124 Å². The van der Waals surface area contributed by atoms with Crippen molar-refractivity contribution in [3.05, 3.63) is 29.3 Å². The molecular weight excluding hydrogens is 274 g/mol. The van der Waals surface area contributed by atoms with Crippen molar-refractivity contribution in [2.45, 2.75) is 25.8 Å². The molecule has 1 rings (SSSR count). The second-order valence-corrected chi connectivity index (χ2v) is 4.68. The third kappa shape index (κ3) is 5.07. The summed E-state index contributed by atoms with van der Waals surface area (Å²) >= 11 is 0. The van der Waals surface area contributed by atoms with E-state index >= 15 is 0 Å². The lowest BCUT2D eigenvalue weighted by molar-refractivity contribution is -0.139. The van der Waals surface area contributed by atoms with Crippen LogP contribution in [0.15, 0.2) is 18.2 Å². The normalized spacial score (nSPS) is 11.8. The molecule has 2 N–H and O–H groups in total. The van der Waals surface area contributed by atoms with Gasteiger partial charge in [0.15, 0.2) is 0 Å². The van der Waals surface area contributed by atoms with E-state index in [0.29, 0.717) is 30.8 Å². The Morgan fingerprint density at radius 3 is 2.62 bits per heavy atom. The number of carbonyl (C=O) groups excluding carboxylic acids is 1. The third-order valence-corrected chi connectivity index (χ3v) is 3.11. The van der Waals surface area contributed by atoms with E-state index in [1.807, 2.05) is 6.92 Å². The van der Waals surface area contributed by atoms with Gasteiger partial charge in [-0.05, 0) is 37.5 Å². The van der Waals surface area contributed by atoms with Crippen LogP contribution in [0.25, 0.3) is 0 Å². The van der Waals surface area contributed by atoms with Crippen molar-refractivity contribution in [2.75, 3.05) is 20.8 Å². The van der Waals surface area contributed by atoms with Gasteiger partial charge in [-0.15, -0.1) is 0 Å². The van der Waals surface area contributed by atoms with Gasteiger partial charge in [0, 0.05) is 19.3 Å². The number of methoxy groups -OCH3 is 2. The molecule has 0 spiro atoms. The standard InChI is InChI=1S/C15H21NO5/c1-10-6-7-11(9-13(10)21-3)14(17)16-12(15(18)19)5-4-8-20-2/h6-7,9,12H,4-5,8H2,1-3H3,(H,16,17)(H,18,19). The lowest BCUT2D eigenvalue weighted by Crippen LogP contribution is -2.40. The van der Waals surface area contributed by atoms with Crippen molar-refractivity contribution in [1.82, 2.24) is 5.32 Å². The molecule has 1 atom stereocenters. The van der Waals surface area contributed by atoms with E-state index in [4.69, 9.17) is 14.6 Å². The minimum absolute atomic E-state index is 0.317. The fourth-order valence-corrected chi connectivity index (χ4v) is 1.89. The Bertz CT molecular complexity index is 501. The molecule has 21 heavy (non-hydrogen) atoms. The first-order chi connectivity index (χ1) is 9.99. The highest BCUT2D eigenvalue weighted by Crippen LogP contribution is 2.19. The predicted octanol–water partition coefficient (Wildman–Crippen LogP) is 1.61. The van der Waals surface area contributed by atoms with Crippen molar-refractivity contribution in [1.29, 1.82) is 0 Å². The largest absolute Gasteiger partial charge is 0.496 e. The lowest BCUT2D eigenvalue weighted by atomic mass is 10.1. The van der Waals surface area contributed by atoms with Gasteiger partial charge in [0.25, 0.3) is 5.91 Å². The predicted molar refractivity (Wildman–Crippen MR) is 77.7 cm³/mol. The molecule has 0 heterocycles. The fraction of sp³-hybridized carbons (Fsp3) is 0.467. The zero-order valence-electron chi connectivity index (χ0n) is 12.5. The quantitative estimate of drug-likeness (QED) is 0.712. The van der Waals surface area contributed by atoms with Crippen LogP contribution in [-0.2, 0) is 9.53 Å². The van der Waals surface area contributed by atoms with E-state index in [-0.39, 0.29) is 0 Å². The van der Waals surface area contributed by atoms with Crippen molar-refractivity contribution in [3.8, 4) is 5.75 Å². The van der Waals surface area contributed by atoms with Gasteiger partial charge in [-0.2, -0.15) is 0 Å². The molecule has 0 saturated heterocycles. The Hall–Kier alpha value is -2.08. The molecule has 1 aromatic rings. The van der Waals surface area contributed by atoms with Crippen molar-refractivity contribution in [3.63, 3.8) is 0 Å². The van der Waals surface area contributed by atoms with Crippen LogP contribution in [0.4, 0.5) is 0 Å². The summed E-state index contributed by atoms with van der Waals surface area (Å²) in [6.45, 7) is 2.32.